The molecule has 1 aromatic carbocycles. The van der Waals surface area contributed by atoms with Gasteiger partial charge in [-0.25, -0.2) is 8.42 Å². The summed E-state index contributed by atoms with van der Waals surface area (Å²) in [4.78, 5) is 1.00. The van der Waals surface area contributed by atoms with E-state index in [0.29, 0.717) is 24.6 Å². The molecule has 0 amide bonds. The number of hydrogen-bond acceptors (Lipinski definition) is 5. The zero-order valence-electron chi connectivity index (χ0n) is 12.2. The van der Waals surface area contributed by atoms with E-state index in [1.807, 2.05) is 24.3 Å². The Morgan fingerprint density at radius 3 is 2.81 bits per heavy atom. The first-order valence-electron chi connectivity index (χ1n) is 7.00. The number of ether oxygens (including phenoxy) is 1. The first-order valence-corrected chi connectivity index (χ1v) is 9.59. The molecule has 2 N–H and O–H groups in total. The molecule has 0 unspecified atom stereocenters. The molecule has 0 saturated heterocycles. The molecule has 118 valence electrons. The Hall–Kier alpha value is -0.760. The molecule has 1 saturated carbocycles. The summed E-state index contributed by atoms with van der Waals surface area (Å²) in [5.41, 5.74) is 6.41. The predicted octanol–water partition coefficient (Wildman–Crippen LogP) is 1.80. The molecule has 21 heavy (non-hydrogen) atoms. The van der Waals surface area contributed by atoms with E-state index in [9.17, 15) is 8.42 Å². The third kappa shape index (κ3) is 5.18. The Balaban J connectivity index is 1.87. The molecule has 0 aromatic heterocycles. The minimum absolute atomic E-state index is 0.146. The molecular formula is C14H22N2O3S2. The fourth-order valence-electron chi connectivity index (χ4n) is 2.08. The second-order valence-corrected chi connectivity index (χ2v) is 8.28. The lowest BCUT2D eigenvalue weighted by molar-refractivity contribution is 0.177. The number of rotatable bonds is 9. The molecule has 0 heterocycles. The van der Waals surface area contributed by atoms with Crippen LogP contribution in [0.5, 0.6) is 0 Å². The summed E-state index contributed by atoms with van der Waals surface area (Å²) in [6.07, 6.45) is 1.93. The fraction of sp³-hybridized carbons (Fsp3) is 0.571. The monoisotopic (exact) mass is 330 g/mol. The van der Waals surface area contributed by atoms with Crippen LogP contribution in [-0.4, -0.2) is 50.5 Å². The van der Waals surface area contributed by atoms with Crippen molar-refractivity contribution in [2.24, 2.45) is 0 Å². The molecule has 0 atom stereocenters. The van der Waals surface area contributed by atoms with Gasteiger partial charge in [0.05, 0.1) is 12.4 Å². The second-order valence-electron chi connectivity index (χ2n) is 5.07. The van der Waals surface area contributed by atoms with E-state index in [0.717, 1.165) is 17.7 Å². The average Bonchev–Trinajstić information content (AvgIpc) is 3.23. The third-order valence-electron chi connectivity index (χ3n) is 3.30. The van der Waals surface area contributed by atoms with Gasteiger partial charge in [0, 0.05) is 36.0 Å². The van der Waals surface area contributed by atoms with Gasteiger partial charge in [-0.15, -0.1) is 11.8 Å². The summed E-state index contributed by atoms with van der Waals surface area (Å²) in [7, 11) is -1.62. The largest absolute Gasteiger partial charge is 0.399 e. The smallest absolute Gasteiger partial charge is 0.215 e. The molecule has 0 spiro atoms. The van der Waals surface area contributed by atoms with Crippen molar-refractivity contribution < 1.29 is 13.2 Å². The van der Waals surface area contributed by atoms with E-state index >= 15 is 0 Å². The van der Waals surface area contributed by atoms with Crippen molar-refractivity contribution in [1.82, 2.24) is 4.31 Å². The Bertz CT molecular complexity index is 559. The number of benzene rings is 1. The van der Waals surface area contributed by atoms with Gasteiger partial charge in [-0.1, -0.05) is 6.07 Å². The van der Waals surface area contributed by atoms with Crippen LogP contribution in [0.25, 0.3) is 0 Å². The number of anilines is 1. The van der Waals surface area contributed by atoms with Crippen LogP contribution in [0.4, 0.5) is 5.69 Å². The Morgan fingerprint density at radius 2 is 2.19 bits per heavy atom. The van der Waals surface area contributed by atoms with Gasteiger partial charge in [-0.3, -0.25) is 0 Å². The number of sulfonamides is 1. The number of hydrogen-bond donors (Lipinski definition) is 1. The summed E-state index contributed by atoms with van der Waals surface area (Å²) in [6, 6.07) is 7.68. The molecular weight excluding hydrogens is 308 g/mol. The van der Waals surface area contributed by atoms with E-state index in [2.05, 4.69) is 0 Å². The van der Waals surface area contributed by atoms with E-state index < -0.39 is 10.0 Å². The van der Waals surface area contributed by atoms with Crippen LogP contribution in [0, 0.1) is 0 Å². The maximum absolute atomic E-state index is 12.4. The summed E-state index contributed by atoms with van der Waals surface area (Å²) >= 11 is 1.52. The van der Waals surface area contributed by atoms with Crippen molar-refractivity contribution in [3.05, 3.63) is 24.3 Å². The normalized spacial score (nSPS) is 15.5. The van der Waals surface area contributed by atoms with Crippen molar-refractivity contribution >= 4 is 27.5 Å². The molecule has 0 radical (unpaired) electrons. The number of thioether (sulfide) groups is 1. The standard InChI is InChI=1S/C14H22N2O3S2/c1-19-8-7-16(13-5-6-13)21(17,18)10-9-20-14-4-2-3-12(15)11-14/h2-4,11,13H,5-10,15H2,1H3. The fourth-order valence-corrected chi connectivity index (χ4v) is 5.14. The highest BCUT2D eigenvalue weighted by Gasteiger charge is 2.36. The molecule has 2 rings (SSSR count). The van der Waals surface area contributed by atoms with Gasteiger partial charge in [0.25, 0.3) is 0 Å². The molecule has 0 bridgehead atoms. The van der Waals surface area contributed by atoms with Gasteiger partial charge in [0.1, 0.15) is 0 Å². The van der Waals surface area contributed by atoms with Crippen LogP contribution >= 0.6 is 11.8 Å². The van der Waals surface area contributed by atoms with E-state index in [1.165, 1.54) is 11.8 Å². The maximum Gasteiger partial charge on any atom is 0.215 e. The number of methoxy groups -OCH3 is 1. The van der Waals surface area contributed by atoms with E-state index in [4.69, 9.17) is 10.5 Å². The minimum Gasteiger partial charge on any atom is -0.399 e. The van der Waals surface area contributed by atoms with Crippen LogP contribution in [-0.2, 0) is 14.8 Å². The van der Waals surface area contributed by atoms with Gasteiger partial charge in [-0.05, 0) is 31.0 Å². The summed E-state index contributed by atoms with van der Waals surface area (Å²) in [6.45, 7) is 0.893. The first-order chi connectivity index (χ1) is 10.0. The highest BCUT2D eigenvalue weighted by atomic mass is 32.2. The number of nitrogens with two attached hydrogens (primary N) is 1. The molecule has 1 aromatic rings. The van der Waals surface area contributed by atoms with Gasteiger partial charge in [-0.2, -0.15) is 4.31 Å². The van der Waals surface area contributed by atoms with Gasteiger partial charge in [0.15, 0.2) is 0 Å². The molecule has 0 aliphatic heterocycles. The predicted molar refractivity (Wildman–Crippen MR) is 87.0 cm³/mol. The van der Waals surface area contributed by atoms with Crippen LogP contribution < -0.4 is 5.73 Å². The highest BCUT2D eigenvalue weighted by molar-refractivity contribution is 8.00. The van der Waals surface area contributed by atoms with Gasteiger partial charge in [0.2, 0.25) is 10.0 Å². The zero-order chi connectivity index (χ0) is 15.3. The van der Waals surface area contributed by atoms with Crippen molar-refractivity contribution in [3.63, 3.8) is 0 Å². The van der Waals surface area contributed by atoms with E-state index in [1.54, 1.807) is 11.4 Å². The SMILES string of the molecule is COCCN(C1CC1)S(=O)(=O)CCSc1cccc(N)c1. The number of nitrogen functional groups attached to an aromatic ring is 1. The van der Waals surface area contributed by atoms with Crippen molar-refractivity contribution in [1.29, 1.82) is 0 Å². The quantitative estimate of drug-likeness (QED) is 0.552. The van der Waals surface area contributed by atoms with Crippen molar-refractivity contribution in [3.8, 4) is 0 Å². The van der Waals surface area contributed by atoms with Crippen LogP contribution in [0.1, 0.15) is 12.8 Å². The van der Waals surface area contributed by atoms with Gasteiger partial charge < -0.3 is 10.5 Å². The lowest BCUT2D eigenvalue weighted by Crippen LogP contribution is -2.37. The molecule has 7 heteroatoms. The van der Waals surface area contributed by atoms with Gasteiger partial charge >= 0.3 is 0 Å². The summed E-state index contributed by atoms with van der Waals surface area (Å²) < 4.78 is 31.4. The van der Waals surface area contributed by atoms with Crippen molar-refractivity contribution in [2.45, 2.75) is 23.8 Å². The Morgan fingerprint density at radius 1 is 1.43 bits per heavy atom. The Kier molecular flexibility index (Phi) is 5.92. The van der Waals surface area contributed by atoms with Crippen LogP contribution in [0.2, 0.25) is 0 Å². The third-order valence-corrected chi connectivity index (χ3v) is 6.46. The first kappa shape index (κ1) is 16.6. The molecule has 5 nitrogen and oxygen atoms in total. The Labute approximate surface area is 130 Å². The maximum atomic E-state index is 12.4. The topological polar surface area (TPSA) is 72.6 Å². The average molecular weight is 330 g/mol. The zero-order valence-corrected chi connectivity index (χ0v) is 13.8. The lowest BCUT2D eigenvalue weighted by atomic mass is 10.3. The molecule has 1 aliphatic rings. The van der Waals surface area contributed by atoms with Crippen LogP contribution in [0.15, 0.2) is 29.2 Å². The minimum atomic E-state index is -3.21. The lowest BCUT2D eigenvalue weighted by Gasteiger charge is -2.21. The molecule has 1 aliphatic carbocycles. The summed E-state index contributed by atoms with van der Waals surface area (Å²) in [5, 5.41) is 0. The highest BCUT2D eigenvalue weighted by Crippen LogP contribution is 2.30. The summed E-state index contributed by atoms with van der Waals surface area (Å²) in [5.74, 6) is 0.675. The number of nitrogens with zero attached hydrogens (tertiary/aromatic N) is 1. The molecule has 1 fully saturated rings. The van der Waals surface area contributed by atoms with Crippen molar-refractivity contribution in [2.75, 3.05) is 37.5 Å². The van der Waals surface area contributed by atoms with Crippen LogP contribution in [0.3, 0.4) is 0 Å². The van der Waals surface area contributed by atoms with E-state index in [-0.39, 0.29) is 11.8 Å². The second kappa shape index (κ2) is 7.49.